The number of hydrogen-bond acceptors (Lipinski definition) is 3. The van der Waals surface area contributed by atoms with Crippen LogP contribution in [0.2, 0.25) is 0 Å². The molecule has 0 saturated carbocycles. The summed E-state index contributed by atoms with van der Waals surface area (Å²) in [6, 6.07) is 6.28. The summed E-state index contributed by atoms with van der Waals surface area (Å²) in [4.78, 5) is 6.67. The number of nitrogens with zero attached hydrogens (tertiary/aromatic N) is 3. The zero-order valence-corrected chi connectivity index (χ0v) is 10.8. The molecule has 0 radical (unpaired) electrons. The fraction of sp³-hybridized carbons (Fsp3) is 0.500. The highest BCUT2D eigenvalue weighted by Gasteiger charge is 2.16. The van der Waals surface area contributed by atoms with Gasteiger partial charge in [0.15, 0.2) is 0 Å². The Kier molecular flexibility index (Phi) is 3.19. The van der Waals surface area contributed by atoms with E-state index in [1.807, 2.05) is 18.5 Å². The van der Waals surface area contributed by atoms with E-state index in [1.54, 1.807) is 0 Å². The third-order valence-corrected chi connectivity index (χ3v) is 3.73. The van der Waals surface area contributed by atoms with E-state index in [9.17, 15) is 0 Å². The lowest BCUT2D eigenvalue weighted by Crippen LogP contribution is -2.37. The van der Waals surface area contributed by atoms with Crippen LogP contribution in [-0.4, -0.2) is 36.1 Å². The van der Waals surface area contributed by atoms with E-state index in [0.29, 0.717) is 0 Å². The van der Waals surface area contributed by atoms with Gasteiger partial charge in [0.25, 0.3) is 0 Å². The first-order valence-electron chi connectivity index (χ1n) is 6.68. The van der Waals surface area contributed by atoms with E-state index in [-0.39, 0.29) is 0 Å². The van der Waals surface area contributed by atoms with Gasteiger partial charge < -0.3 is 10.2 Å². The second-order valence-corrected chi connectivity index (χ2v) is 5.13. The highest BCUT2D eigenvalue weighted by atomic mass is 15.2. The minimum Gasteiger partial charge on any atom is -0.360 e. The maximum Gasteiger partial charge on any atom is 0.138 e. The summed E-state index contributed by atoms with van der Waals surface area (Å²) in [5, 5.41) is 3.48. The summed E-state index contributed by atoms with van der Waals surface area (Å²) < 4.78 is 2.15. The van der Waals surface area contributed by atoms with Crippen LogP contribution in [0.1, 0.15) is 12.8 Å². The Morgan fingerprint density at radius 2 is 2.44 bits per heavy atom. The van der Waals surface area contributed by atoms with Crippen molar-refractivity contribution in [2.24, 2.45) is 5.92 Å². The van der Waals surface area contributed by atoms with Crippen LogP contribution in [0.5, 0.6) is 0 Å². The predicted octanol–water partition coefficient (Wildman–Crippen LogP) is 1.77. The second-order valence-electron chi connectivity index (χ2n) is 5.13. The maximum atomic E-state index is 4.33. The van der Waals surface area contributed by atoms with Crippen LogP contribution >= 0.6 is 0 Å². The van der Waals surface area contributed by atoms with Gasteiger partial charge >= 0.3 is 0 Å². The molecule has 1 unspecified atom stereocenters. The zero-order chi connectivity index (χ0) is 12.4. The first-order valence-corrected chi connectivity index (χ1v) is 6.68. The molecule has 3 rings (SSSR count). The normalized spacial score (nSPS) is 20.2. The number of imidazole rings is 1. The average molecular weight is 244 g/mol. The molecular weight excluding hydrogens is 224 g/mol. The molecule has 1 N–H and O–H groups in total. The Balaban J connectivity index is 1.78. The topological polar surface area (TPSA) is 32.6 Å². The Hall–Kier alpha value is -1.55. The Morgan fingerprint density at radius 1 is 1.50 bits per heavy atom. The molecule has 4 nitrogen and oxygen atoms in total. The number of fused-ring (bicyclic) bond motifs is 1. The number of rotatable bonds is 3. The van der Waals surface area contributed by atoms with Crippen molar-refractivity contribution in [3.8, 4) is 0 Å². The largest absolute Gasteiger partial charge is 0.360 e. The van der Waals surface area contributed by atoms with Gasteiger partial charge in [-0.25, -0.2) is 4.98 Å². The molecule has 0 aliphatic carbocycles. The van der Waals surface area contributed by atoms with Crippen LogP contribution in [-0.2, 0) is 0 Å². The minimum atomic E-state index is 0.752. The van der Waals surface area contributed by atoms with Crippen molar-refractivity contribution in [1.82, 2.24) is 14.7 Å². The van der Waals surface area contributed by atoms with Crippen molar-refractivity contribution in [3.05, 3.63) is 30.6 Å². The molecular formula is C14H20N4. The lowest BCUT2D eigenvalue weighted by molar-refractivity contribution is 0.380. The molecule has 1 atom stereocenters. The van der Waals surface area contributed by atoms with Gasteiger partial charge in [-0.15, -0.1) is 0 Å². The summed E-state index contributed by atoms with van der Waals surface area (Å²) >= 11 is 0. The number of nitrogens with one attached hydrogen (secondary N) is 1. The number of anilines is 1. The predicted molar refractivity (Wildman–Crippen MR) is 74.1 cm³/mol. The minimum absolute atomic E-state index is 0.752. The van der Waals surface area contributed by atoms with Crippen LogP contribution in [0.4, 0.5) is 5.82 Å². The number of aromatic nitrogens is 2. The third kappa shape index (κ3) is 2.20. The standard InChI is InChI=1S/C14H20N4/c1-17(11-12-4-3-7-15-10-12)14-6-2-5-13-16-8-9-18(13)14/h2,5-6,8-9,12,15H,3-4,7,10-11H2,1H3. The van der Waals surface area contributed by atoms with Crippen molar-refractivity contribution in [2.75, 3.05) is 31.6 Å². The molecule has 2 aromatic rings. The van der Waals surface area contributed by atoms with E-state index in [1.165, 1.54) is 25.2 Å². The fourth-order valence-electron chi connectivity index (χ4n) is 2.80. The van der Waals surface area contributed by atoms with Gasteiger partial charge in [-0.05, 0) is 44.0 Å². The molecule has 96 valence electrons. The summed E-state index contributed by atoms with van der Waals surface area (Å²) in [5.74, 6) is 1.97. The molecule has 1 fully saturated rings. The monoisotopic (exact) mass is 244 g/mol. The molecule has 1 saturated heterocycles. The molecule has 0 spiro atoms. The Morgan fingerprint density at radius 3 is 3.28 bits per heavy atom. The molecule has 4 heteroatoms. The van der Waals surface area contributed by atoms with Crippen molar-refractivity contribution >= 4 is 11.5 Å². The highest BCUT2D eigenvalue weighted by molar-refractivity contribution is 5.51. The number of hydrogen-bond donors (Lipinski definition) is 1. The summed E-state index contributed by atoms with van der Waals surface area (Å²) in [6.45, 7) is 3.42. The van der Waals surface area contributed by atoms with Crippen molar-refractivity contribution < 1.29 is 0 Å². The summed E-state index contributed by atoms with van der Waals surface area (Å²) in [5.41, 5.74) is 1.01. The molecule has 0 bridgehead atoms. The first-order chi connectivity index (χ1) is 8.84. The van der Waals surface area contributed by atoms with Crippen LogP contribution in [0.3, 0.4) is 0 Å². The molecule has 0 amide bonds. The fourth-order valence-corrected chi connectivity index (χ4v) is 2.80. The summed E-state index contributed by atoms with van der Waals surface area (Å²) in [6.07, 6.45) is 6.51. The van der Waals surface area contributed by atoms with Crippen LogP contribution in [0, 0.1) is 5.92 Å². The number of piperidine rings is 1. The number of pyridine rings is 1. The summed E-state index contributed by atoms with van der Waals surface area (Å²) in [7, 11) is 2.17. The molecule has 1 aliphatic rings. The Labute approximate surface area is 108 Å². The Bertz CT molecular complexity index is 513. The van der Waals surface area contributed by atoms with E-state index in [4.69, 9.17) is 0 Å². The van der Waals surface area contributed by atoms with Gasteiger partial charge in [0, 0.05) is 26.0 Å². The lowest BCUT2D eigenvalue weighted by Gasteiger charge is -2.29. The SMILES string of the molecule is CN(CC1CCCNC1)c1cccc2nccn12. The average Bonchev–Trinajstić information content (AvgIpc) is 2.87. The molecule has 1 aliphatic heterocycles. The molecule has 18 heavy (non-hydrogen) atoms. The van der Waals surface area contributed by atoms with Crippen LogP contribution < -0.4 is 10.2 Å². The molecule has 2 aromatic heterocycles. The quantitative estimate of drug-likeness (QED) is 0.893. The highest BCUT2D eigenvalue weighted by Crippen LogP contribution is 2.18. The van der Waals surface area contributed by atoms with Crippen LogP contribution in [0.15, 0.2) is 30.6 Å². The van der Waals surface area contributed by atoms with Crippen molar-refractivity contribution in [1.29, 1.82) is 0 Å². The van der Waals surface area contributed by atoms with E-state index < -0.39 is 0 Å². The van der Waals surface area contributed by atoms with E-state index in [2.05, 4.69) is 38.8 Å². The zero-order valence-electron chi connectivity index (χ0n) is 10.8. The van der Waals surface area contributed by atoms with Gasteiger partial charge in [-0.3, -0.25) is 4.40 Å². The van der Waals surface area contributed by atoms with Gasteiger partial charge in [0.1, 0.15) is 11.5 Å². The van der Waals surface area contributed by atoms with Crippen molar-refractivity contribution in [2.45, 2.75) is 12.8 Å². The van der Waals surface area contributed by atoms with Crippen LogP contribution in [0.25, 0.3) is 5.65 Å². The first kappa shape index (κ1) is 11.5. The van der Waals surface area contributed by atoms with Gasteiger partial charge in [0.05, 0.1) is 0 Å². The third-order valence-electron chi connectivity index (χ3n) is 3.73. The van der Waals surface area contributed by atoms with Gasteiger partial charge in [-0.1, -0.05) is 6.07 Å². The van der Waals surface area contributed by atoms with Gasteiger partial charge in [-0.2, -0.15) is 0 Å². The van der Waals surface area contributed by atoms with E-state index >= 15 is 0 Å². The molecule has 3 heterocycles. The van der Waals surface area contributed by atoms with E-state index in [0.717, 1.165) is 24.7 Å². The maximum absolute atomic E-state index is 4.33. The lowest BCUT2D eigenvalue weighted by atomic mass is 9.99. The van der Waals surface area contributed by atoms with Gasteiger partial charge in [0.2, 0.25) is 0 Å². The van der Waals surface area contributed by atoms with Crippen molar-refractivity contribution in [3.63, 3.8) is 0 Å². The second kappa shape index (κ2) is 4.98. The smallest absolute Gasteiger partial charge is 0.138 e. The molecule has 0 aromatic carbocycles.